The minimum absolute atomic E-state index is 0.0379. The summed E-state index contributed by atoms with van der Waals surface area (Å²) < 4.78 is 52.7. The molecule has 0 radical (unpaired) electrons. The molecule has 4 nitrogen and oxygen atoms in total. The van der Waals surface area contributed by atoms with Crippen molar-refractivity contribution in [1.82, 2.24) is 0 Å². The largest absolute Gasteiger partial charge is 0.481 e. The van der Waals surface area contributed by atoms with Crippen molar-refractivity contribution in [3.8, 4) is 0 Å². The SMILES string of the molecule is O=C(O)CCCCCC[C@@H]1C(=O)C[C@@H](O)[C@H]1C=Cc1cccc(C(F)(F)F)c1F. The van der Waals surface area contributed by atoms with Crippen molar-refractivity contribution < 1.29 is 37.4 Å². The quantitative estimate of drug-likeness (QED) is 0.446. The van der Waals surface area contributed by atoms with Crippen LogP contribution < -0.4 is 0 Å². The molecule has 0 bridgehead atoms. The summed E-state index contributed by atoms with van der Waals surface area (Å²) in [5.41, 5.74) is -1.61. The molecule has 8 heteroatoms. The molecule has 160 valence electrons. The average molecular weight is 416 g/mol. The predicted molar refractivity (Wildman–Crippen MR) is 98.4 cm³/mol. The molecule has 0 unspecified atom stereocenters. The van der Waals surface area contributed by atoms with E-state index in [9.17, 15) is 32.3 Å². The molecular weight excluding hydrogens is 392 g/mol. The van der Waals surface area contributed by atoms with Crippen molar-refractivity contribution in [3.63, 3.8) is 0 Å². The first-order chi connectivity index (χ1) is 13.6. The van der Waals surface area contributed by atoms with Gasteiger partial charge in [0.05, 0.1) is 11.7 Å². The number of aliphatic carboxylic acids is 1. The average Bonchev–Trinajstić information content (AvgIpc) is 2.88. The van der Waals surface area contributed by atoms with Crippen LogP contribution in [-0.4, -0.2) is 28.1 Å². The molecular formula is C21H24F4O4. The molecule has 0 spiro atoms. The maximum Gasteiger partial charge on any atom is 0.419 e. The fourth-order valence-electron chi connectivity index (χ4n) is 3.70. The topological polar surface area (TPSA) is 74.6 Å². The van der Waals surface area contributed by atoms with Gasteiger partial charge >= 0.3 is 12.1 Å². The summed E-state index contributed by atoms with van der Waals surface area (Å²) in [5, 5.41) is 18.8. The van der Waals surface area contributed by atoms with Gasteiger partial charge in [-0.2, -0.15) is 13.2 Å². The van der Waals surface area contributed by atoms with Crippen molar-refractivity contribution in [2.75, 3.05) is 0 Å². The number of halogens is 4. The number of carboxylic acid groups (broad SMARTS) is 1. The molecule has 1 aromatic rings. The van der Waals surface area contributed by atoms with Crippen LogP contribution in [0.3, 0.4) is 0 Å². The van der Waals surface area contributed by atoms with E-state index in [-0.39, 0.29) is 24.2 Å². The number of ketones is 1. The van der Waals surface area contributed by atoms with Gasteiger partial charge in [0.25, 0.3) is 0 Å². The number of aliphatic hydroxyl groups is 1. The van der Waals surface area contributed by atoms with Gasteiger partial charge in [-0.25, -0.2) is 4.39 Å². The number of alkyl halides is 3. The molecule has 0 aliphatic heterocycles. The van der Waals surface area contributed by atoms with Crippen molar-refractivity contribution in [2.45, 2.75) is 57.2 Å². The fourth-order valence-corrected chi connectivity index (χ4v) is 3.70. The third-order valence-electron chi connectivity index (χ3n) is 5.22. The molecule has 0 aromatic heterocycles. The van der Waals surface area contributed by atoms with Crippen LogP contribution in [0.1, 0.15) is 56.1 Å². The highest BCUT2D eigenvalue weighted by Gasteiger charge is 2.39. The smallest absolute Gasteiger partial charge is 0.419 e. The zero-order valence-corrected chi connectivity index (χ0v) is 15.8. The highest BCUT2D eigenvalue weighted by molar-refractivity contribution is 5.85. The lowest BCUT2D eigenvalue weighted by molar-refractivity contribution is -0.140. The number of carbonyl (C=O) groups is 2. The van der Waals surface area contributed by atoms with Crippen molar-refractivity contribution in [1.29, 1.82) is 0 Å². The Morgan fingerprint density at radius 1 is 1.17 bits per heavy atom. The standard InChI is InChI=1S/C21H24F4O4/c22-20-13(6-5-8-16(20)21(23,24)25)10-11-15-14(17(26)12-18(15)27)7-3-1-2-4-9-19(28)29/h5-6,8,10-11,14-15,18,27H,1-4,7,9,12H2,(H,28,29)/t14-,15-,18+/m0/s1. The summed E-state index contributed by atoms with van der Waals surface area (Å²) in [5.74, 6) is -3.43. The highest BCUT2D eigenvalue weighted by atomic mass is 19.4. The van der Waals surface area contributed by atoms with E-state index in [0.29, 0.717) is 31.7 Å². The van der Waals surface area contributed by atoms with Gasteiger partial charge in [0.15, 0.2) is 0 Å². The Morgan fingerprint density at radius 2 is 1.86 bits per heavy atom. The molecule has 3 atom stereocenters. The Balaban J connectivity index is 2.02. The fraction of sp³-hybridized carbons (Fsp3) is 0.524. The monoisotopic (exact) mass is 416 g/mol. The first kappa shape index (κ1) is 23.1. The Morgan fingerprint density at radius 3 is 2.52 bits per heavy atom. The van der Waals surface area contributed by atoms with Crippen molar-refractivity contribution in [2.24, 2.45) is 11.8 Å². The normalized spacial score (nSPS) is 22.5. The zero-order valence-electron chi connectivity index (χ0n) is 15.8. The summed E-state index contributed by atoms with van der Waals surface area (Å²) in [6, 6.07) is 2.98. The van der Waals surface area contributed by atoms with Crippen LogP contribution in [0, 0.1) is 17.7 Å². The number of Topliss-reactive ketones (excluding diaryl/α,β-unsaturated/α-hetero) is 1. The summed E-state index contributed by atoms with van der Waals surface area (Å²) in [6.45, 7) is 0. The van der Waals surface area contributed by atoms with E-state index in [0.717, 1.165) is 12.5 Å². The molecule has 0 heterocycles. The number of aliphatic hydroxyl groups excluding tert-OH is 1. The number of hydrogen-bond acceptors (Lipinski definition) is 3. The lowest BCUT2D eigenvalue weighted by Gasteiger charge is -2.17. The number of hydrogen-bond donors (Lipinski definition) is 2. The van der Waals surface area contributed by atoms with Crippen molar-refractivity contribution in [3.05, 3.63) is 41.2 Å². The molecule has 2 N–H and O–H groups in total. The van der Waals surface area contributed by atoms with E-state index in [4.69, 9.17) is 5.11 Å². The summed E-state index contributed by atoms with van der Waals surface area (Å²) in [6.07, 6.45) is 0.0729. The second kappa shape index (κ2) is 10.0. The van der Waals surface area contributed by atoms with E-state index in [2.05, 4.69) is 0 Å². The van der Waals surface area contributed by atoms with E-state index >= 15 is 0 Å². The lowest BCUT2D eigenvalue weighted by Crippen LogP contribution is -2.18. The Bertz CT molecular complexity index is 758. The van der Waals surface area contributed by atoms with Crippen LogP contribution >= 0.6 is 0 Å². The predicted octanol–water partition coefficient (Wildman–Crippen LogP) is 4.85. The number of carboxylic acids is 1. The molecule has 1 aliphatic carbocycles. The summed E-state index contributed by atoms with van der Waals surface area (Å²) in [7, 11) is 0. The van der Waals surface area contributed by atoms with Gasteiger partial charge in [-0.05, 0) is 18.9 Å². The van der Waals surface area contributed by atoms with Crippen LogP contribution in [0.4, 0.5) is 17.6 Å². The number of unbranched alkanes of at least 4 members (excludes halogenated alkanes) is 3. The van der Waals surface area contributed by atoms with Gasteiger partial charge in [0.1, 0.15) is 11.6 Å². The number of benzene rings is 1. The van der Waals surface area contributed by atoms with Gasteiger partial charge in [-0.15, -0.1) is 0 Å². The Labute approximate surface area is 166 Å². The first-order valence-corrected chi connectivity index (χ1v) is 9.57. The molecule has 1 aromatic carbocycles. The number of carbonyl (C=O) groups excluding carboxylic acids is 1. The van der Waals surface area contributed by atoms with Crippen LogP contribution in [-0.2, 0) is 15.8 Å². The van der Waals surface area contributed by atoms with E-state index < -0.39 is 41.5 Å². The summed E-state index contributed by atoms with van der Waals surface area (Å²) in [4.78, 5) is 22.7. The molecule has 0 saturated heterocycles. The van der Waals surface area contributed by atoms with Crippen LogP contribution in [0.5, 0.6) is 0 Å². The summed E-state index contributed by atoms with van der Waals surface area (Å²) >= 11 is 0. The second-order valence-corrected chi connectivity index (χ2v) is 7.33. The van der Waals surface area contributed by atoms with E-state index in [1.54, 1.807) is 0 Å². The zero-order chi connectivity index (χ0) is 21.6. The second-order valence-electron chi connectivity index (χ2n) is 7.33. The van der Waals surface area contributed by atoms with Crippen LogP contribution in [0.25, 0.3) is 6.08 Å². The minimum atomic E-state index is -4.81. The van der Waals surface area contributed by atoms with Gasteiger partial charge in [0, 0.05) is 30.2 Å². The molecule has 1 saturated carbocycles. The molecule has 29 heavy (non-hydrogen) atoms. The van der Waals surface area contributed by atoms with Crippen LogP contribution in [0.15, 0.2) is 24.3 Å². The molecule has 1 aliphatic rings. The Hall–Kier alpha value is -2.22. The van der Waals surface area contributed by atoms with E-state index in [1.807, 2.05) is 0 Å². The highest BCUT2D eigenvalue weighted by Crippen LogP contribution is 2.36. The Kier molecular flexibility index (Phi) is 7.96. The molecule has 2 rings (SSSR count). The molecule has 1 fully saturated rings. The van der Waals surface area contributed by atoms with Crippen LogP contribution in [0.2, 0.25) is 0 Å². The molecule has 0 amide bonds. The minimum Gasteiger partial charge on any atom is -0.481 e. The number of rotatable bonds is 9. The van der Waals surface area contributed by atoms with Gasteiger partial charge in [0.2, 0.25) is 0 Å². The third-order valence-corrected chi connectivity index (χ3v) is 5.22. The van der Waals surface area contributed by atoms with Gasteiger partial charge in [-0.3, -0.25) is 9.59 Å². The maximum absolute atomic E-state index is 14.1. The van der Waals surface area contributed by atoms with Gasteiger partial charge in [-0.1, -0.05) is 43.5 Å². The lowest BCUT2D eigenvalue weighted by atomic mass is 9.88. The maximum atomic E-state index is 14.1. The van der Waals surface area contributed by atoms with Crippen molar-refractivity contribution >= 4 is 17.8 Å². The van der Waals surface area contributed by atoms with Gasteiger partial charge < -0.3 is 10.2 Å². The first-order valence-electron chi connectivity index (χ1n) is 9.57. The third kappa shape index (κ3) is 6.39. The van der Waals surface area contributed by atoms with E-state index in [1.165, 1.54) is 18.2 Å².